The van der Waals surface area contributed by atoms with Crippen LogP contribution >= 0.6 is 0 Å². The van der Waals surface area contributed by atoms with Gasteiger partial charge in [-0.3, -0.25) is 4.79 Å². The average Bonchev–Trinajstić information content (AvgIpc) is 2.30. The van der Waals surface area contributed by atoms with Crippen LogP contribution in [-0.4, -0.2) is 12.6 Å². The van der Waals surface area contributed by atoms with Crippen LogP contribution in [0.5, 0.6) is 0 Å². The van der Waals surface area contributed by atoms with Crippen molar-refractivity contribution in [3.63, 3.8) is 0 Å². The van der Waals surface area contributed by atoms with Gasteiger partial charge in [0.1, 0.15) is 6.42 Å². The summed E-state index contributed by atoms with van der Waals surface area (Å²) in [7, 11) is 0. The van der Waals surface area contributed by atoms with Gasteiger partial charge in [-0.25, -0.2) is 0 Å². The molecule has 1 rings (SSSR count). The fraction of sp³-hybridized carbons (Fsp3) is 0.400. The minimum absolute atomic E-state index is 0.153. The molecular weight excluding hydrogens is 212 g/mol. The quantitative estimate of drug-likeness (QED) is 0.589. The first-order valence-electron chi connectivity index (χ1n) is 5.88. The Balaban J connectivity index is 2.57. The highest BCUT2D eigenvalue weighted by molar-refractivity contribution is 5.72. The fourth-order valence-corrected chi connectivity index (χ4v) is 1.38. The first kappa shape index (κ1) is 13.3. The summed E-state index contributed by atoms with van der Waals surface area (Å²) in [5, 5.41) is 0. The number of carbonyl (C=O) groups is 1. The summed E-state index contributed by atoms with van der Waals surface area (Å²) in [6, 6.07) is 8.10. The van der Waals surface area contributed by atoms with E-state index in [1.807, 2.05) is 12.1 Å². The molecule has 0 spiro atoms. The molecule has 0 N–H and O–H groups in total. The maximum absolute atomic E-state index is 11.1. The van der Waals surface area contributed by atoms with E-state index in [1.165, 1.54) is 5.56 Å². The van der Waals surface area contributed by atoms with Gasteiger partial charge in [0.2, 0.25) is 0 Å². The first-order valence-corrected chi connectivity index (χ1v) is 5.88. The molecule has 0 radical (unpaired) electrons. The van der Waals surface area contributed by atoms with E-state index in [4.69, 9.17) is 4.74 Å². The van der Waals surface area contributed by atoms with Gasteiger partial charge in [0, 0.05) is 5.56 Å². The Hall–Kier alpha value is -1.75. The zero-order valence-electron chi connectivity index (χ0n) is 10.6. The van der Waals surface area contributed by atoms with Gasteiger partial charge in [-0.1, -0.05) is 37.8 Å². The number of hydrogen-bond donors (Lipinski definition) is 0. The smallest absolute Gasteiger partial charge is 0.317 e. The maximum Gasteiger partial charge on any atom is 0.317 e. The molecule has 2 nitrogen and oxygen atoms in total. The summed E-state index contributed by atoms with van der Waals surface area (Å²) in [4.78, 5) is 11.1. The Morgan fingerprint density at radius 3 is 2.47 bits per heavy atom. The van der Waals surface area contributed by atoms with E-state index in [-0.39, 0.29) is 12.4 Å². The van der Waals surface area contributed by atoms with Crippen molar-refractivity contribution in [2.45, 2.75) is 33.1 Å². The van der Waals surface area contributed by atoms with Gasteiger partial charge in [-0.05, 0) is 30.5 Å². The number of ether oxygens (including phenoxy) is 1. The molecule has 17 heavy (non-hydrogen) atoms. The molecule has 0 bridgehead atoms. The van der Waals surface area contributed by atoms with Crippen LogP contribution in [0.25, 0.3) is 0 Å². The molecule has 0 amide bonds. The third-order valence-corrected chi connectivity index (χ3v) is 2.35. The molecule has 1 aromatic rings. The zero-order valence-corrected chi connectivity index (χ0v) is 10.6. The number of esters is 1. The highest BCUT2D eigenvalue weighted by atomic mass is 16.5. The molecule has 0 unspecified atom stereocenters. The van der Waals surface area contributed by atoms with Crippen molar-refractivity contribution >= 4 is 5.97 Å². The van der Waals surface area contributed by atoms with Gasteiger partial charge in [0.25, 0.3) is 0 Å². The van der Waals surface area contributed by atoms with Crippen LogP contribution in [0.3, 0.4) is 0 Å². The van der Waals surface area contributed by atoms with Gasteiger partial charge >= 0.3 is 5.97 Å². The number of rotatable bonds is 3. The monoisotopic (exact) mass is 230 g/mol. The lowest BCUT2D eigenvalue weighted by Gasteiger charge is -2.03. The van der Waals surface area contributed by atoms with E-state index in [1.54, 1.807) is 6.92 Å². The molecule has 1 aromatic carbocycles. The van der Waals surface area contributed by atoms with E-state index in [0.29, 0.717) is 12.5 Å². The lowest BCUT2D eigenvalue weighted by Crippen LogP contribution is -2.01. The van der Waals surface area contributed by atoms with E-state index < -0.39 is 0 Å². The Bertz CT molecular complexity index is 418. The topological polar surface area (TPSA) is 26.3 Å². The Morgan fingerprint density at radius 2 is 1.94 bits per heavy atom. The summed E-state index contributed by atoms with van der Waals surface area (Å²) in [5.74, 6) is 6.02. The second kappa shape index (κ2) is 6.75. The summed E-state index contributed by atoms with van der Waals surface area (Å²) < 4.78 is 4.79. The predicted molar refractivity (Wildman–Crippen MR) is 68.7 cm³/mol. The Kier molecular flexibility index (Phi) is 5.29. The molecule has 0 heterocycles. The summed E-state index contributed by atoms with van der Waals surface area (Å²) >= 11 is 0. The van der Waals surface area contributed by atoms with Gasteiger partial charge in [0.05, 0.1) is 6.61 Å². The van der Waals surface area contributed by atoms with Crippen molar-refractivity contribution in [3.05, 3.63) is 35.4 Å². The van der Waals surface area contributed by atoms with Crippen molar-refractivity contribution in [1.29, 1.82) is 0 Å². The van der Waals surface area contributed by atoms with Crippen LogP contribution < -0.4 is 0 Å². The number of carbonyl (C=O) groups excluding carboxylic acids is 1. The van der Waals surface area contributed by atoms with E-state index in [0.717, 1.165) is 5.56 Å². The lowest BCUT2D eigenvalue weighted by molar-refractivity contribution is -0.141. The standard InChI is InChI=1S/C15H18O2/c1-4-17-15(16)7-5-6-13-8-10-14(11-9-13)12(2)3/h8-12H,4,7H2,1-3H3. The lowest BCUT2D eigenvalue weighted by atomic mass is 10.0. The molecule has 90 valence electrons. The van der Waals surface area contributed by atoms with Crippen LogP contribution in [-0.2, 0) is 9.53 Å². The highest BCUT2D eigenvalue weighted by Crippen LogP contribution is 2.14. The van der Waals surface area contributed by atoms with Crippen molar-refractivity contribution < 1.29 is 9.53 Å². The van der Waals surface area contributed by atoms with E-state index in [2.05, 4.69) is 37.8 Å². The molecule has 0 aliphatic heterocycles. The van der Waals surface area contributed by atoms with Crippen molar-refractivity contribution in [2.24, 2.45) is 0 Å². The van der Waals surface area contributed by atoms with Crippen LogP contribution in [0.1, 0.15) is 44.2 Å². The van der Waals surface area contributed by atoms with E-state index in [9.17, 15) is 4.79 Å². The van der Waals surface area contributed by atoms with Gasteiger partial charge in [-0.15, -0.1) is 0 Å². The molecule has 2 heteroatoms. The average molecular weight is 230 g/mol. The van der Waals surface area contributed by atoms with Crippen LogP contribution in [0.15, 0.2) is 24.3 Å². The van der Waals surface area contributed by atoms with Crippen LogP contribution in [0.2, 0.25) is 0 Å². The van der Waals surface area contributed by atoms with Crippen LogP contribution in [0.4, 0.5) is 0 Å². The molecule has 0 saturated carbocycles. The first-order chi connectivity index (χ1) is 8.13. The third-order valence-electron chi connectivity index (χ3n) is 2.35. The minimum Gasteiger partial charge on any atom is -0.465 e. The number of benzene rings is 1. The normalized spacial score (nSPS) is 9.65. The van der Waals surface area contributed by atoms with E-state index >= 15 is 0 Å². The van der Waals surface area contributed by atoms with Crippen molar-refractivity contribution in [2.75, 3.05) is 6.61 Å². The zero-order chi connectivity index (χ0) is 12.7. The molecule has 0 saturated heterocycles. The number of hydrogen-bond acceptors (Lipinski definition) is 2. The summed E-state index contributed by atoms with van der Waals surface area (Å²) in [6.45, 7) is 6.50. The molecule has 0 aromatic heterocycles. The van der Waals surface area contributed by atoms with Crippen molar-refractivity contribution in [3.8, 4) is 11.8 Å². The molecule has 0 aliphatic carbocycles. The van der Waals surface area contributed by atoms with Crippen LogP contribution in [0, 0.1) is 11.8 Å². The summed E-state index contributed by atoms with van der Waals surface area (Å²) in [5.41, 5.74) is 2.22. The predicted octanol–water partition coefficient (Wildman–Crippen LogP) is 3.11. The van der Waals surface area contributed by atoms with Gasteiger partial charge in [0.15, 0.2) is 0 Å². The molecule has 0 fully saturated rings. The van der Waals surface area contributed by atoms with Gasteiger partial charge in [-0.2, -0.15) is 0 Å². The summed E-state index contributed by atoms with van der Waals surface area (Å²) in [6.07, 6.45) is 0.153. The Labute approximate surface area is 103 Å². The van der Waals surface area contributed by atoms with Gasteiger partial charge < -0.3 is 4.74 Å². The Morgan fingerprint density at radius 1 is 1.29 bits per heavy atom. The highest BCUT2D eigenvalue weighted by Gasteiger charge is 1.98. The molecule has 0 atom stereocenters. The maximum atomic E-state index is 11.1. The second-order valence-electron chi connectivity index (χ2n) is 4.06. The minimum atomic E-state index is -0.265. The molecular formula is C15H18O2. The van der Waals surface area contributed by atoms with Crippen molar-refractivity contribution in [1.82, 2.24) is 0 Å². The third kappa shape index (κ3) is 4.74. The fourth-order valence-electron chi connectivity index (χ4n) is 1.38. The second-order valence-corrected chi connectivity index (χ2v) is 4.06. The largest absolute Gasteiger partial charge is 0.465 e. The SMILES string of the molecule is CCOC(=O)CC#Cc1ccc(C(C)C)cc1. The molecule has 0 aliphatic rings.